The molecule has 2 amide bonds. The molecule has 0 saturated heterocycles. The van der Waals surface area contributed by atoms with Crippen LogP contribution in [0.25, 0.3) is 0 Å². The predicted octanol–water partition coefficient (Wildman–Crippen LogP) is 0.771. The number of carbonyl (C=O) groups excluding carboxylic acids is 2. The molecule has 0 saturated carbocycles. The highest BCUT2D eigenvalue weighted by Crippen LogP contribution is 2.25. The van der Waals surface area contributed by atoms with Crippen LogP contribution >= 0.6 is 0 Å². The average Bonchev–Trinajstić information content (AvgIpc) is 2.48. The molecule has 0 fully saturated rings. The molecule has 7 heteroatoms. The lowest BCUT2D eigenvalue weighted by Crippen LogP contribution is -2.32. The van der Waals surface area contributed by atoms with Gasteiger partial charge in [-0.2, -0.15) is 10.4 Å². The fourth-order valence-electron chi connectivity index (χ4n) is 1.70. The number of methoxy groups -OCH3 is 1. The van der Waals surface area contributed by atoms with E-state index in [9.17, 15) is 9.59 Å². The van der Waals surface area contributed by atoms with Gasteiger partial charge in [-0.05, 0) is 12.1 Å². The van der Waals surface area contributed by atoms with Crippen LogP contribution in [-0.2, 0) is 9.59 Å². The molecule has 0 unspecified atom stereocenters. The monoisotopic (exact) mass is 272 g/mol. The lowest BCUT2D eigenvalue weighted by atomic mass is 10.1. The molecule has 2 N–H and O–H groups in total. The lowest BCUT2D eigenvalue weighted by molar-refractivity contribution is -0.121. The van der Waals surface area contributed by atoms with Crippen molar-refractivity contribution in [3.8, 4) is 11.8 Å². The fourth-order valence-corrected chi connectivity index (χ4v) is 1.70. The van der Waals surface area contributed by atoms with Crippen molar-refractivity contribution in [1.82, 2.24) is 5.43 Å². The Morgan fingerprint density at radius 1 is 1.50 bits per heavy atom. The minimum absolute atomic E-state index is 0.211. The summed E-state index contributed by atoms with van der Waals surface area (Å²) in [7, 11) is 1.45. The number of hydrogen-bond acceptors (Lipinski definition) is 5. The topological polar surface area (TPSA) is 104 Å². The molecule has 1 aromatic rings. The molecular formula is C13H12N4O3. The Balaban J connectivity index is 2.16. The van der Waals surface area contributed by atoms with Crippen molar-refractivity contribution in [2.75, 3.05) is 12.4 Å². The van der Waals surface area contributed by atoms with Gasteiger partial charge in [-0.1, -0.05) is 0 Å². The highest BCUT2D eigenvalue weighted by Gasteiger charge is 2.19. The van der Waals surface area contributed by atoms with Crippen LogP contribution in [0.4, 0.5) is 5.69 Å². The predicted molar refractivity (Wildman–Crippen MR) is 71.2 cm³/mol. The van der Waals surface area contributed by atoms with Gasteiger partial charge in [0.05, 0.1) is 24.4 Å². The molecule has 0 bridgehead atoms. The second-order valence-electron chi connectivity index (χ2n) is 4.07. The highest BCUT2D eigenvalue weighted by molar-refractivity contribution is 6.43. The standard InChI is InChI=1S/C13H12N4O3/c1-20-11-6-8(7-14)2-3-9(11)15-13(19)10-4-5-12(18)17-16-10/h2-3,6H,4-5H2,1H3,(H,15,19)(H,17,18). The molecule has 0 radical (unpaired) electrons. The average molecular weight is 272 g/mol. The largest absolute Gasteiger partial charge is 0.495 e. The quantitative estimate of drug-likeness (QED) is 0.848. The molecule has 0 atom stereocenters. The minimum atomic E-state index is -0.409. The van der Waals surface area contributed by atoms with Gasteiger partial charge >= 0.3 is 0 Å². The lowest BCUT2D eigenvalue weighted by Gasteiger charge is -2.13. The Hall–Kier alpha value is -2.88. The van der Waals surface area contributed by atoms with E-state index in [-0.39, 0.29) is 24.5 Å². The van der Waals surface area contributed by atoms with Gasteiger partial charge in [-0.25, -0.2) is 5.43 Å². The Bertz CT molecular complexity index is 631. The molecule has 1 aromatic carbocycles. The van der Waals surface area contributed by atoms with Crippen molar-refractivity contribution in [2.24, 2.45) is 5.10 Å². The normalized spacial score (nSPS) is 13.8. The van der Waals surface area contributed by atoms with Crippen molar-refractivity contribution < 1.29 is 14.3 Å². The zero-order valence-electron chi connectivity index (χ0n) is 10.8. The maximum Gasteiger partial charge on any atom is 0.271 e. The van der Waals surface area contributed by atoms with Crippen LogP contribution in [-0.4, -0.2) is 24.6 Å². The van der Waals surface area contributed by atoms with Gasteiger partial charge in [0.2, 0.25) is 5.91 Å². The first-order chi connectivity index (χ1) is 9.63. The van der Waals surface area contributed by atoms with E-state index >= 15 is 0 Å². The summed E-state index contributed by atoms with van der Waals surface area (Å²) in [5, 5.41) is 15.2. The Labute approximate surface area is 115 Å². The first-order valence-corrected chi connectivity index (χ1v) is 5.89. The molecule has 2 rings (SSSR count). The summed E-state index contributed by atoms with van der Waals surface area (Å²) in [6.07, 6.45) is 0.521. The summed E-state index contributed by atoms with van der Waals surface area (Å²) in [6, 6.07) is 6.67. The first kappa shape index (κ1) is 13.5. The maximum absolute atomic E-state index is 12.0. The van der Waals surface area contributed by atoms with Gasteiger partial charge < -0.3 is 10.1 Å². The van der Waals surface area contributed by atoms with E-state index in [1.54, 1.807) is 12.1 Å². The van der Waals surface area contributed by atoms with Crippen molar-refractivity contribution >= 4 is 23.2 Å². The number of ether oxygens (including phenoxy) is 1. The van der Waals surface area contributed by atoms with Gasteiger partial charge in [0.25, 0.3) is 5.91 Å². The Morgan fingerprint density at radius 2 is 2.30 bits per heavy atom. The maximum atomic E-state index is 12.0. The number of hydrazone groups is 1. The van der Waals surface area contributed by atoms with Crippen LogP contribution in [0.1, 0.15) is 18.4 Å². The summed E-state index contributed by atoms with van der Waals surface area (Å²) >= 11 is 0. The third-order valence-electron chi connectivity index (χ3n) is 2.75. The van der Waals surface area contributed by atoms with Crippen molar-refractivity contribution in [3.63, 3.8) is 0 Å². The SMILES string of the molecule is COc1cc(C#N)ccc1NC(=O)C1=NNC(=O)CC1. The second kappa shape index (κ2) is 5.84. The molecule has 1 aliphatic heterocycles. The van der Waals surface area contributed by atoms with Crippen molar-refractivity contribution in [3.05, 3.63) is 23.8 Å². The number of anilines is 1. The van der Waals surface area contributed by atoms with Gasteiger partial charge in [0.1, 0.15) is 11.5 Å². The van der Waals surface area contributed by atoms with Gasteiger partial charge in [0.15, 0.2) is 0 Å². The van der Waals surface area contributed by atoms with Crippen LogP contribution in [0.15, 0.2) is 23.3 Å². The number of benzene rings is 1. The Morgan fingerprint density at radius 3 is 2.90 bits per heavy atom. The summed E-state index contributed by atoms with van der Waals surface area (Å²) in [5.74, 6) is -0.233. The third-order valence-corrected chi connectivity index (χ3v) is 2.75. The highest BCUT2D eigenvalue weighted by atomic mass is 16.5. The minimum Gasteiger partial charge on any atom is -0.495 e. The molecule has 0 spiro atoms. The number of nitriles is 1. The van der Waals surface area contributed by atoms with Gasteiger partial charge in [-0.3, -0.25) is 9.59 Å². The van der Waals surface area contributed by atoms with Crippen LogP contribution in [0.2, 0.25) is 0 Å². The van der Waals surface area contributed by atoms with Gasteiger partial charge in [-0.15, -0.1) is 0 Å². The first-order valence-electron chi connectivity index (χ1n) is 5.89. The molecule has 102 valence electrons. The summed E-state index contributed by atoms with van der Waals surface area (Å²) in [6.45, 7) is 0. The van der Waals surface area contributed by atoms with E-state index < -0.39 is 5.91 Å². The second-order valence-corrected chi connectivity index (χ2v) is 4.07. The summed E-state index contributed by atoms with van der Waals surface area (Å²) < 4.78 is 5.12. The Kier molecular flexibility index (Phi) is 3.96. The van der Waals surface area contributed by atoms with E-state index in [0.717, 1.165) is 0 Å². The zero-order chi connectivity index (χ0) is 14.5. The van der Waals surface area contributed by atoms with E-state index in [1.807, 2.05) is 6.07 Å². The van der Waals surface area contributed by atoms with Gasteiger partial charge in [0, 0.05) is 18.9 Å². The summed E-state index contributed by atoms with van der Waals surface area (Å²) in [5.41, 5.74) is 3.38. The fraction of sp³-hybridized carbons (Fsp3) is 0.231. The van der Waals surface area contributed by atoms with E-state index in [2.05, 4.69) is 15.8 Å². The zero-order valence-corrected chi connectivity index (χ0v) is 10.8. The van der Waals surface area contributed by atoms with E-state index in [1.165, 1.54) is 13.2 Å². The molecule has 1 heterocycles. The molecule has 20 heavy (non-hydrogen) atoms. The summed E-state index contributed by atoms with van der Waals surface area (Å²) in [4.78, 5) is 22.9. The number of rotatable bonds is 3. The van der Waals surface area contributed by atoms with Crippen LogP contribution < -0.4 is 15.5 Å². The molecule has 1 aliphatic rings. The van der Waals surface area contributed by atoms with Crippen molar-refractivity contribution in [1.29, 1.82) is 5.26 Å². The number of nitrogens with one attached hydrogen (secondary N) is 2. The van der Waals surface area contributed by atoms with Crippen LogP contribution in [0.3, 0.4) is 0 Å². The van der Waals surface area contributed by atoms with E-state index in [0.29, 0.717) is 17.0 Å². The number of carbonyl (C=O) groups is 2. The molecular weight excluding hydrogens is 260 g/mol. The van der Waals surface area contributed by atoms with Crippen LogP contribution in [0.5, 0.6) is 5.75 Å². The van der Waals surface area contributed by atoms with Crippen molar-refractivity contribution in [2.45, 2.75) is 12.8 Å². The molecule has 0 aliphatic carbocycles. The third kappa shape index (κ3) is 2.92. The van der Waals surface area contributed by atoms with E-state index in [4.69, 9.17) is 10.00 Å². The smallest absolute Gasteiger partial charge is 0.271 e. The molecule has 7 nitrogen and oxygen atoms in total. The molecule has 0 aromatic heterocycles. The van der Waals surface area contributed by atoms with Crippen LogP contribution in [0, 0.1) is 11.3 Å². The number of amides is 2. The number of nitrogens with zero attached hydrogens (tertiary/aromatic N) is 2. The number of hydrogen-bond donors (Lipinski definition) is 2.